The number of nitrogens with two attached hydrogens (primary N) is 1. The summed E-state index contributed by atoms with van der Waals surface area (Å²) in [5, 5.41) is 3.19. The molecule has 2 heterocycles. The summed E-state index contributed by atoms with van der Waals surface area (Å²) in [7, 11) is 0. The predicted molar refractivity (Wildman–Crippen MR) is 97.2 cm³/mol. The van der Waals surface area contributed by atoms with E-state index in [1.165, 1.54) is 6.26 Å². The Morgan fingerprint density at radius 2 is 1.92 bits per heavy atom. The van der Waals surface area contributed by atoms with Gasteiger partial charge in [0.05, 0.1) is 17.6 Å². The Labute approximate surface area is 155 Å². The fourth-order valence-electron chi connectivity index (χ4n) is 2.87. The third kappa shape index (κ3) is 4.00. The topological polar surface area (TPSA) is 77.5 Å². The van der Waals surface area contributed by atoms with Gasteiger partial charge in [-0.2, -0.15) is 0 Å². The van der Waals surface area contributed by atoms with Crippen molar-refractivity contribution in [2.45, 2.75) is 24.9 Å². The molecule has 0 bridgehead atoms. The molecular formula is C17H20BrClN2O3. The van der Waals surface area contributed by atoms with Crippen LogP contribution < -0.4 is 11.1 Å². The monoisotopic (exact) mass is 414 g/mol. The largest absolute Gasteiger partial charge is 0.467 e. The number of hydrogen-bond acceptors (Lipinski definition) is 4. The van der Waals surface area contributed by atoms with E-state index in [4.69, 9.17) is 14.9 Å². The Morgan fingerprint density at radius 3 is 2.50 bits per heavy atom. The van der Waals surface area contributed by atoms with Gasteiger partial charge in [0, 0.05) is 17.7 Å². The van der Waals surface area contributed by atoms with Crippen LogP contribution in [0.3, 0.4) is 0 Å². The summed E-state index contributed by atoms with van der Waals surface area (Å²) < 4.78 is 11.8. The van der Waals surface area contributed by atoms with Gasteiger partial charge < -0.3 is 20.2 Å². The lowest BCUT2D eigenvalue weighted by molar-refractivity contribution is 0.0345. The molecule has 0 spiro atoms. The number of carbonyl (C=O) groups is 1. The Kier molecular flexibility index (Phi) is 6.46. The second-order valence-corrected chi connectivity index (χ2v) is 6.58. The van der Waals surface area contributed by atoms with E-state index in [-0.39, 0.29) is 24.9 Å². The van der Waals surface area contributed by atoms with Crippen molar-refractivity contribution < 1.29 is 13.9 Å². The summed E-state index contributed by atoms with van der Waals surface area (Å²) in [5.41, 5.74) is 6.69. The van der Waals surface area contributed by atoms with E-state index < -0.39 is 5.54 Å². The zero-order chi connectivity index (χ0) is 16.3. The number of halogens is 2. The smallest absolute Gasteiger partial charge is 0.255 e. The minimum absolute atomic E-state index is 0. The molecule has 0 aliphatic carbocycles. The molecule has 7 heteroatoms. The first kappa shape index (κ1) is 19.0. The molecular weight excluding hydrogens is 396 g/mol. The number of carbonyl (C=O) groups excluding carboxylic acids is 1. The molecule has 130 valence electrons. The molecule has 0 atom stereocenters. The molecule has 2 aromatic rings. The summed E-state index contributed by atoms with van der Waals surface area (Å²) in [6.45, 7) is 1.52. The minimum atomic E-state index is -0.420. The highest BCUT2D eigenvalue weighted by Gasteiger charge is 2.36. The molecule has 0 radical (unpaired) electrons. The number of furan rings is 1. The average molecular weight is 416 g/mol. The Morgan fingerprint density at radius 1 is 1.25 bits per heavy atom. The van der Waals surface area contributed by atoms with Crippen molar-refractivity contribution in [1.82, 2.24) is 5.32 Å². The van der Waals surface area contributed by atoms with Gasteiger partial charge in [0.1, 0.15) is 12.0 Å². The Bertz CT molecular complexity index is 681. The van der Waals surface area contributed by atoms with E-state index in [1.807, 2.05) is 24.3 Å². The lowest BCUT2D eigenvalue weighted by atomic mass is 9.82. The summed E-state index contributed by atoms with van der Waals surface area (Å²) in [4.78, 5) is 12.6. The van der Waals surface area contributed by atoms with E-state index in [2.05, 4.69) is 21.2 Å². The van der Waals surface area contributed by atoms with E-state index in [0.717, 1.165) is 22.9 Å². The lowest BCUT2D eigenvalue weighted by Gasteiger charge is -2.38. The highest BCUT2D eigenvalue weighted by molar-refractivity contribution is 9.10. The van der Waals surface area contributed by atoms with Gasteiger partial charge in [-0.15, -0.1) is 12.4 Å². The summed E-state index contributed by atoms with van der Waals surface area (Å²) in [6.07, 6.45) is 2.93. The van der Waals surface area contributed by atoms with Crippen LogP contribution in [0, 0.1) is 0 Å². The van der Waals surface area contributed by atoms with Gasteiger partial charge >= 0.3 is 0 Å². The zero-order valence-electron chi connectivity index (χ0n) is 13.1. The maximum absolute atomic E-state index is 12.6. The van der Waals surface area contributed by atoms with Crippen LogP contribution in [0.1, 0.15) is 34.5 Å². The standard InChI is InChI=1S/C17H19BrN2O3.ClH/c18-14-3-1-13(2-4-14)17(5-7-22-8-6-17)20-16(21)12-9-15(10-19)23-11-12;/h1-4,9,11H,5-8,10,19H2,(H,20,21);1H. The highest BCUT2D eigenvalue weighted by atomic mass is 79.9. The maximum atomic E-state index is 12.6. The fraction of sp³-hybridized carbons (Fsp3) is 0.353. The molecule has 1 aromatic carbocycles. The van der Waals surface area contributed by atoms with E-state index in [1.54, 1.807) is 6.07 Å². The molecule has 5 nitrogen and oxygen atoms in total. The van der Waals surface area contributed by atoms with Crippen LogP contribution >= 0.6 is 28.3 Å². The number of benzene rings is 1. The van der Waals surface area contributed by atoms with Gasteiger partial charge in [-0.25, -0.2) is 0 Å². The summed E-state index contributed by atoms with van der Waals surface area (Å²) >= 11 is 3.45. The molecule has 3 N–H and O–H groups in total. The molecule has 1 aliphatic heterocycles. The molecule has 0 saturated carbocycles. The normalized spacial score (nSPS) is 16.2. The molecule has 3 rings (SSSR count). The van der Waals surface area contributed by atoms with Gasteiger partial charge in [-0.3, -0.25) is 4.79 Å². The van der Waals surface area contributed by atoms with Crippen LogP contribution in [0.5, 0.6) is 0 Å². The zero-order valence-corrected chi connectivity index (χ0v) is 15.5. The van der Waals surface area contributed by atoms with Crippen molar-refractivity contribution in [1.29, 1.82) is 0 Å². The summed E-state index contributed by atoms with van der Waals surface area (Å²) in [6, 6.07) is 9.74. The van der Waals surface area contributed by atoms with Gasteiger partial charge in [0.15, 0.2) is 0 Å². The number of ether oxygens (including phenoxy) is 1. The van der Waals surface area contributed by atoms with E-state index >= 15 is 0 Å². The number of nitrogens with one attached hydrogen (secondary N) is 1. The summed E-state index contributed by atoms with van der Waals surface area (Å²) in [5.74, 6) is 0.443. The third-order valence-electron chi connectivity index (χ3n) is 4.21. The van der Waals surface area contributed by atoms with Gasteiger partial charge in [-0.05, 0) is 36.6 Å². The van der Waals surface area contributed by atoms with Crippen molar-refractivity contribution in [3.8, 4) is 0 Å². The van der Waals surface area contributed by atoms with Crippen molar-refractivity contribution in [3.63, 3.8) is 0 Å². The van der Waals surface area contributed by atoms with Crippen molar-refractivity contribution >= 4 is 34.2 Å². The molecule has 1 aromatic heterocycles. The van der Waals surface area contributed by atoms with E-state index in [0.29, 0.717) is 24.5 Å². The Balaban J connectivity index is 0.00000208. The highest BCUT2D eigenvalue weighted by Crippen LogP contribution is 2.33. The van der Waals surface area contributed by atoms with Gasteiger partial charge in [0.25, 0.3) is 5.91 Å². The average Bonchev–Trinajstić information content (AvgIpc) is 3.05. The number of amides is 1. The van der Waals surface area contributed by atoms with Crippen molar-refractivity contribution in [2.24, 2.45) is 5.73 Å². The molecule has 24 heavy (non-hydrogen) atoms. The van der Waals surface area contributed by atoms with Crippen LogP contribution in [-0.4, -0.2) is 19.1 Å². The first-order valence-corrected chi connectivity index (χ1v) is 8.36. The number of hydrogen-bond donors (Lipinski definition) is 2. The second-order valence-electron chi connectivity index (χ2n) is 5.66. The van der Waals surface area contributed by atoms with Crippen molar-refractivity contribution in [2.75, 3.05) is 13.2 Å². The minimum Gasteiger partial charge on any atom is -0.467 e. The fourth-order valence-corrected chi connectivity index (χ4v) is 3.14. The molecule has 1 amide bonds. The maximum Gasteiger partial charge on any atom is 0.255 e. The number of rotatable bonds is 4. The van der Waals surface area contributed by atoms with Crippen LogP contribution in [0.4, 0.5) is 0 Å². The molecule has 1 saturated heterocycles. The lowest BCUT2D eigenvalue weighted by Crippen LogP contribution is -2.49. The van der Waals surface area contributed by atoms with Crippen LogP contribution in [0.15, 0.2) is 45.5 Å². The van der Waals surface area contributed by atoms with Crippen LogP contribution in [-0.2, 0) is 16.8 Å². The quantitative estimate of drug-likeness (QED) is 0.803. The van der Waals surface area contributed by atoms with E-state index in [9.17, 15) is 4.79 Å². The first-order valence-electron chi connectivity index (χ1n) is 7.57. The Hall–Kier alpha value is -1.34. The van der Waals surface area contributed by atoms with Gasteiger partial charge in [0.2, 0.25) is 0 Å². The van der Waals surface area contributed by atoms with Crippen LogP contribution in [0.25, 0.3) is 0 Å². The molecule has 1 aliphatic rings. The van der Waals surface area contributed by atoms with Crippen molar-refractivity contribution in [3.05, 3.63) is 58.0 Å². The van der Waals surface area contributed by atoms with Crippen LogP contribution in [0.2, 0.25) is 0 Å². The predicted octanol–water partition coefficient (Wildman–Crippen LogP) is 3.36. The first-order chi connectivity index (χ1) is 11.1. The van der Waals surface area contributed by atoms with Gasteiger partial charge in [-0.1, -0.05) is 28.1 Å². The molecule has 1 fully saturated rings. The SMILES string of the molecule is Cl.NCc1cc(C(=O)NC2(c3ccc(Br)cc3)CCOCC2)co1. The second kappa shape index (κ2) is 8.16. The third-order valence-corrected chi connectivity index (χ3v) is 4.74. The molecule has 0 unspecified atom stereocenters.